The Morgan fingerprint density at radius 3 is 2.91 bits per heavy atom. The molecule has 22 heavy (non-hydrogen) atoms. The first-order chi connectivity index (χ1) is 10.7. The highest BCUT2D eigenvalue weighted by atomic mass is 16.5. The third-order valence-electron chi connectivity index (χ3n) is 3.25. The zero-order chi connectivity index (χ0) is 16.2. The summed E-state index contributed by atoms with van der Waals surface area (Å²) >= 11 is 0. The molecule has 1 aromatic rings. The van der Waals surface area contributed by atoms with E-state index in [1.54, 1.807) is 18.3 Å². The number of pyridine rings is 1. The van der Waals surface area contributed by atoms with Gasteiger partial charge >= 0.3 is 5.97 Å². The second-order valence-corrected chi connectivity index (χ2v) is 5.02. The Bertz CT molecular complexity index is 474. The van der Waals surface area contributed by atoms with Crippen LogP contribution in [0, 0.1) is 0 Å². The van der Waals surface area contributed by atoms with E-state index in [-0.39, 0.29) is 18.6 Å². The van der Waals surface area contributed by atoms with Gasteiger partial charge in [0.1, 0.15) is 12.6 Å². The monoisotopic (exact) mass is 304 g/mol. The van der Waals surface area contributed by atoms with Gasteiger partial charge in [-0.25, -0.2) is 0 Å². The van der Waals surface area contributed by atoms with E-state index in [0.717, 1.165) is 32.1 Å². The van der Waals surface area contributed by atoms with Gasteiger partial charge in [-0.1, -0.05) is 13.0 Å². The van der Waals surface area contributed by atoms with Crippen LogP contribution in [0.25, 0.3) is 0 Å². The predicted molar refractivity (Wildman–Crippen MR) is 85.4 cm³/mol. The van der Waals surface area contributed by atoms with Crippen LogP contribution >= 0.6 is 0 Å². The van der Waals surface area contributed by atoms with Crippen molar-refractivity contribution in [2.45, 2.75) is 45.1 Å². The van der Waals surface area contributed by atoms with E-state index in [0.29, 0.717) is 5.56 Å². The number of hydrogen-bond acceptors (Lipinski definition) is 4. The zero-order valence-corrected chi connectivity index (χ0v) is 13.1. The largest absolute Gasteiger partial charge is 0.461 e. The summed E-state index contributed by atoms with van der Waals surface area (Å²) in [5, 5.41) is 2.54. The summed E-state index contributed by atoms with van der Waals surface area (Å²) in [7, 11) is 0. The highest BCUT2D eigenvalue weighted by Gasteiger charge is 2.13. The smallest absolute Gasteiger partial charge is 0.325 e. The number of allylic oxidation sites excluding steroid dienone is 1. The summed E-state index contributed by atoms with van der Waals surface area (Å²) in [6.45, 7) is 5.54. The summed E-state index contributed by atoms with van der Waals surface area (Å²) in [5.41, 5.74) is 0.423. The molecule has 0 aliphatic carbocycles. The minimum absolute atomic E-state index is 0.0902. The third-order valence-corrected chi connectivity index (χ3v) is 3.25. The molecule has 1 atom stereocenters. The first-order valence-corrected chi connectivity index (χ1v) is 7.66. The number of carbonyl (C=O) groups excluding carboxylic acids is 2. The second-order valence-electron chi connectivity index (χ2n) is 5.02. The summed E-state index contributed by atoms with van der Waals surface area (Å²) in [5.74, 6) is -0.739. The SMILES string of the molecule is C=CCCCCC(CC)OC(=O)CNC(=O)c1cccnc1. The lowest BCUT2D eigenvalue weighted by Gasteiger charge is -2.16. The highest BCUT2D eigenvalue weighted by Crippen LogP contribution is 2.10. The van der Waals surface area contributed by atoms with E-state index < -0.39 is 5.97 Å². The van der Waals surface area contributed by atoms with Crippen molar-refractivity contribution in [3.63, 3.8) is 0 Å². The molecule has 5 heteroatoms. The number of carbonyl (C=O) groups is 2. The van der Waals surface area contributed by atoms with Gasteiger partial charge in [-0.2, -0.15) is 0 Å². The standard InChI is InChI=1S/C17H24N2O3/c1-3-5-6-7-10-15(4-2)22-16(20)13-19-17(21)14-9-8-11-18-12-14/h3,8-9,11-12,15H,1,4-7,10,13H2,2H3,(H,19,21). The Balaban J connectivity index is 2.29. The average Bonchev–Trinajstić information content (AvgIpc) is 2.56. The number of amides is 1. The molecule has 1 heterocycles. The molecule has 0 fully saturated rings. The Hall–Kier alpha value is -2.17. The van der Waals surface area contributed by atoms with Crippen LogP contribution in [0.15, 0.2) is 37.2 Å². The quantitative estimate of drug-likeness (QED) is 0.410. The van der Waals surface area contributed by atoms with E-state index in [1.807, 2.05) is 13.0 Å². The lowest BCUT2D eigenvalue weighted by Crippen LogP contribution is -2.32. The molecule has 0 aromatic carbocycles. The van der Waals surface area contributed by atoms with Crippen LogP contribution in [0.3, 0.4) is 0 Å². The maximum Gasteiger partial charge on any atom is 0.325 e. The van der Waals surface area contributed by atoms with Gasteiger partial charge in [-0.05, 0) is 44.2 Å². The number of unbranched alkanes of at least 4 members (excludes halogenated alkanes) is 2. The lowest BCUT2D eigenvalue weighted by atomic mass is 10.1. The van der Waals surface area contributed by atoms with Crippen LogP contribution in [0.1, 0.15) is 49.4 Å². The van der Waals surface area contributed by atoms with E-state index >= 15 is 0 Å². The van der Waals surface area contributed by atoms with Gasteiger partial charge in [0.05, 0.1) is 5.56 Å². The third kappa shape index (κ3) is 7.02. The number of esters is 1. The molecule has 0 aliphatic rings. The lowest BCUT2D eigenvalue weighted by molar-refractivity contribution is -0.148. The molecule has 1 amide bonds. The van der Waals surface area contributed by atoms with E-state index in [4.69, 9.17) is 4.74 Å². The van der Waals surface area contributed by atoms with Gasteiger partial charge in [-0.3, -0.25) is 14.6 Å². The van der Waals surface area contributed by atoms with Crippen molar-refractivity contribution in [1.82, 2.24) is 10.3 Å². The van der Waals surface area contributed by atoms with Crippen LogP contribution in [0.4, 0.5) is 0 Å². The fourth-order valence-corrected chi connectivity index (χ4v) is 1.99. The van der Waals surface area contributed by atoms with Crippen LogP contribution in [0.5, 0.6) is 0 Å². The molecule has 1 N–H and O–H groups in total. The van der Waals surface area contributed by atoms with Crippen LogP contribution < -0.4 is 5.32 Å². The summed E-state index contributed by atoms with van der Waals surface area (Å²) in [6.07, 6.45) is 9.48. The zero-order valence-electron chi connectivity index (χ0n) is 13.1. The predicted octanol–water partition coefficient (Wildman–Crippen LogP) is 2.88. The molecule has 0 aliphatic heterocycles. The molecule has 0 saturated carbocycles. The normalized spacial score (nSPS) is 11.5. The topological polar surface area (TPSA) is 68.3 Å². The fourth-order valence-electron chi connectivity index (χ4n) is 1.99. The molecule has 5 nitrogen and oxygen atoms in total. The molecule has 0 saturated heterocycles. The molecule has 120 valence electrons. The van der Waals surface area contributed by atoms with Crippen molar-refractivity contribution in [3.05, 3.63) is 42.7 Å². The molecular formula is C17H24N2O3. The molecule has 1 aromatic heterocycles. The molecule has 0 bridgehead atoms. The van der Waals surface area contributed by atoms with Gasteiger partial charge in [-0.15, -0.1) is 6.58 Å². The van der Waals surface area contributed by atoms with Crippen molar-refractivity contribution in [2.75, 3.05) is 6.54 Å². The molecule has 1 unspecified atom stereocenters. The number of rotatable bonds is 10. The summed E-state index contributed by atoms with van der Waals surface area (Å²) < 4.78 is 5.37. The van der Waals surface area contributed by atoms with Crippen LogP contribution in [-0.4, -0.2) is 29.5 Å². The first kappa shape index (κ1) is 17.9. The van der Waals surface area contributed by atoms with Gasteiger partial charge in [0.25, 0.3) is 5.91 Å². The van der Waals surface area contributed by atoms with E-state index in [2.05, 4.69) is 16.9 Å². The average molecular weight is 304 g/mol. The van der Waals surface area contributed by atoms with Gasteiger partial charge in [0, 0.05) is 12.4 Å². The summed E-state index contributed by atoms with van der Waals surface area (Å²) in [6, 6.07) is 3.31. The van der Waals surface area contributed by atoms with Crippen molar-refractivity contribution in [3.8, 4) is 0 Å². The molecule has 1 rings (SSSR count). The fraction of sp³-hybridized carbons (Fsp3) is 0.471. The van der Waals surface area contributed by atoms with Crippen molar-refractivity contribution in [2.24, 2.45) is 0 Å². The van der Waals surface area contributed by atoms with Crippen LogP contribution in [-0.2, 0) is 9.53 Å². The Labute approximate surface area is 131 Å². The minimum Gasteiger partial charge on any atom is -0.461 e. The molecular weight excluding hydrogens is 280 g/mol. The maximum absolute atomic E-state index is 11.8. The maximum atomic E-state index is 11.8. The van der Waals surface area contributed by atoms with Crippen molar-refractivity contribution >= 4 is 11.9 Å². The Morgan fingerprint density at radius 2 is 2.27 bits per heavy atom. The number of nitrogens with one attached hydrogen (secondary N) is 1. The summed E-state index contributed by atoms with van der Waals surface area (Å²) in [4.78, 5) is 27.4. The number of hydrogen-bond donors (Lipinski definition) is 1. The Kier molecular flexibility index (Phi) is 8.57. The minimum atomic E-state index is -0.409. The highest BCUT2D eigenvalue weighted by molar-refractivity contribution is 5.95. The van der Waals surface area contributed by atoms with Gasteiger partial charge in [0.2, 0.25) is 0 Å². The number of nitrogens with zero attached hydrogens (tertiary/aromatic N) is 1. The molecule has 0 spiro atoms. The second kappa shape index (κ2) is 10.5. The van der Waals surface area contributed by atoms with Gasteiger partial charge < -0.3 is 10.1 Å². The van der Waals surface area contributed by atoms with Crippen LogP contribution in [0.2, 0.25) is 0 Å². The van der Waals surface area contributed by atoms with E-state index in [1.165, 1.54) is 6.20 Å². The first-order valence-electron chi connectivity index (χ1n) is 7.66. The van der Waals surface area contributed by atoms with Crippen molar-refractivity contribution < 1.29 is 14.3 Å². The number of ether oxygens (including phenoxy) is 1. The van der Waals surface area contributed by atoms with Crippen molar-refractivity contribution in [1.29, 1.82) is 0 Å². The Morgan fingerprint density at radius 1 is 1.45 bits per heavy atom. The van der Waals surface area contributed by atoms with Gasteiger partial charge in [0.15, 0.2) is 0 Å². The number of aromatic nitrogens is 1. The van der Waals surface area contributed by atoms with E-state index in [9.17, 15) is 9.59 Å². The molecule has 0 radical (unpaired) electrons.